The van der Waals surface area contributed by atoms with Gasteiger partial charge in [-0.05, 0) is 32.8 Å². The molecule has 0 saturated carbocycles. The summed E-state index contributed by atoms with van der Waals surface area (Å²) in [6.07, 6.45) is 0. The summed E-state index contributed by atoms with van der Waals surface area (Å²) in [5.74, 6) is 0.971. The zero-order valence-electron chi connectivity index (χ0n) is 8.96. The SMILES string of the molecule is Cn1nnnc1SCCNCc1ccsc1. The molecule has 0 unspecified atom stereocenters. The number of nitrogens with zero attached hydrogens (tertiary/aromatic N) is 4. The fourth-order valence-corrected chi connectivity index (χ4v) is 2.60. The molecule has 7 heteroatoms. The van der Waals surface area contributed by atoms with E-state index in [-0.39, 0.29) is 0 Å². The van der Waals surface area contributed by atoms with Crippen LogP contribution >= 0.6 is 23.1 Å². The number of hydrogen-bond acceptors (Lipinski definition) is 6. The van der Waals surface area contributed by atoms with E-state index in [4.69, 9.17) is 0 Å². The van der Waals surface area contributed by atoms with E-state index in [1.54, 1.807) is 27.8 Å². The van der Waals surface area contributed by atoms with Crippen LogP contribution in [0.15, 0.2) is 22.0 Å². The van der Waals surface area contributed by atoms with Gasteiger partial charge in [0.05, 0.1) is 0 Å². The van der Waals surface area contributed by atoms with Crippen molar-refractivity contribution in [1.82, 2.24) is 25.5 Å². The van der Waals surface area contributed by atoms with E-state index in [0.29, 0.717) is 0 Å². The smallest absolute Gasteiger partial charge is 0.209 e. The lowest BCUT2D eigenvalue weighted by Crippen LogP contribution is -2.16. The molecule has 2 heterocycles. The number of tetrazole rings is 1. The summed E-state index contributed by atoms with van der Waals surface area (Å²) in [6.45, 7) is 1.88. The third kappa shape index (κ3) is 3.29. The molecular formula is C9H13N5S2. The topological polar surface area (TPSA) is 55.6 Å². The van der Waals surface area contributed by atoms with Crippen molar-refractivity contribution < 1.29 is 0 Å². The molecule has 16 heavy (non-hydrogen) atoms. The summed E-state index contributed by atoms with van der Waals surface area (Å²) in [4.78, 5) is 0. The molecule has 0 saturated heterocycles. The second-order valence-electron chi connectivity index (χ2n) is 3.24. The summed E-state index contributed by atoms with van der Waals surface area (Å²) < 4.78 is 1.68. The Morgan fingerprint density at radius 3 is 3.19 bits per heavy atom. The van der Waals surface area contributed by atoms with Gasteiger partial charge < -0.3 is 5.32 Å². The van der Waals surface area contributed by atoms with Crippen molar-refractivity contribution in [2.45, 2.75) is 11.7 Å². The molecule has 2 rings (SSSR count). The van der Waals surface area contributed by atoms with Crippen molar-refractivity contribution >= 4 is 23.1 Å². The molecule has 0 aromatic carbocycles. The van der Waals surface area contributed by atoms with Gasteiger partial charge in [-0.1, -0.05) is 11.8 Å². The zero-order valence-corrected chi connectivity index (χ0v) is 10.6. The molecule has 2 aromatic heterocycles. The molecule has 5 nitrogen and oxygen atoms in total. The van der Waals surface area contributed by atoms with E-state index in [2.05, 4.69) is 37.7 Å². The van der Waals surface area contributed by atoms with Crippen LogP contribution in [-0.2, 0) is 13.6 Å². The summed E-state index contributed by atoms with van der Waals surface area (Å²) in [5, 5.41) is 19.7. The molecule has 86 valence electrons. The maximum absolute atomic E-state index is 3.90. The fraction of sp³-hybridized carbons (Fsp3) is 0.444. The molecule has 0 bridgehead atoms. The minimum Gasteiger partial charge on any atom is -0.312 e. The normalized spacial score (nSPS) is 10.8. The van der Waals surface area contributed by atoms with Crippen LogP contribution in [0.2, 0.25) is 0 Å². The maximum atomic E-state index is 3.90. The van der Waals surface area contributed by atoms with Crippen LogP contribution < -0.4 is 5.32 Å². The molecule has 0 spiro atoms. The van der Waals surface area contributed by atoms with Gasteiger partial charge in [0.25, 0.3) is 0 Å². The van der Waals surface area contributed by atoms with E-state index >= 15 is 0 Å². The lowest BCUT2D eigenvalue weighted by atomic mass is 10.3. The number of rotatable bonds is 6. The quantitative estimate of drug-likeness (QED) is 0.620. The average molecular weight is 255 g/mol. The third-order valence-corrected chi connectivity index (χ3v) is 3.74. The van der Waals surface area contributed by atoms with Gasteiger partial charge >= 0.3 is 0 Å². The van der Waals surface area contributed by atoms with E-state index in [1.807, 2.05) is 7.05 Å². The van der Waals surface area contributed by atoms with Crippen molar-refractivity contribution in [3.05, 3.63) is 22.4 Å². The van der Waals surface area contributed by atoms with Gasteiger partial charge in [0.15, 0.2) is 0 Å². The van der Waals surface area contributed by atoms with Crippen LogP contribution in [0.3, 0.4) is 0 Å². The average Bonchev–Trinajstić information content (AvgIpc) is 2.90. The van der Waals surface area contributed by atoms with Gasteiger partial charge in [0.2, 0.25) is 5.16 Å². The van der Waals surface area contributed by atoms with Crippen molar-refractivity contribution in [2.75, 3.05) is 12.3 Å². The molecule has 2 aromatic rings. The van der Waals surface area contributed by atoms with E-state index < -0.39 is 0 Å². The van der Waals surface area contributed by atoms with Gasteiger partial charge in [-0.3, -0.25) is 0 Å². The third-order valence-electron chi connectivity index (χ3n) is 2.00. The van der Waals surface area contributed by atoms with E-state index in [1.165, 1.54) is 5.56 Å². The zero-order chi connectivity index (χ0) is 11.2. The first-order valence-corrected chi connectivity index (χ1v) is 6.86. The van der Waals surface area contributed by atoms with Crippen molar-refractivity contribution in [3.63, 3.8) is 0 Å². The molecule has 0 amide bonds. The number of thioether (sulfide) groups is 1. The number of hydrogen-bond donors (Lipinski definition) is 1. The first kappa shape index (κ1) is 11.6. The highest BCUT2D eigenvalue weighted by Crippen LogP contribution is 2.11. The fourth-order valence-electron chi connectivity index (χ4n) is 1.18. The van der Waals surface area contributed by atoms with Crippen molar-refractivity contribution in [1.29, 1.82) is 0 Å². The van der Waals surface area contributed by atoms with Gasteiger partial charge in [-0.25, -0.2) is 4.68 Å². The summed E-state index contributed by atoms with van der Waals surface area (Å²) >= 11 is 3.39. The van der Waals surface area contributed by atoms with Crippen molar-refractivity contribution in [2.24, 2.45) is 7.05 Å². The highest BCUT2D eigenvalue weighted by Gasteiger charge is 2.01. The van der Waals surface area contributed by atoms with E-state index in [9.17, 15) is 0 Å². The summed E-state index contributed by atoms with van der Waals surface area (Å²) in [6, 6.07) is 2.14. The Kier molecular flexibility index (Phi) is 4.32. The second-order valence-corrected chi connectivity index (χ2v) is 5.08. The Morgan fingerprint density at radius 1 is 1.56 bits per heavy atom. The molecule has 0 fully saturated rings. The Hall–Kier alpha value is -0.920. The largest absolute Gasteiger partial charge is 0.312 e. The highest BCUT2D eigenvalue weighted by molar-refractivity contribution is 7.99. The van der Waals surface area contributed by atoms with Gasteiger partial charge in [-0.15, -0.1) is 5.10 Å². The van der Waals surface area contributed by atoms with Crippen molar-refractivity contribution in [3.8, 4) is 0 Å². The Morgan fingerprint density at radius 2 is 2.50 bits per heavy atom. The molecule has 1 N–H and O–H groups in total. The van der Waals surface area contributed by atoms with E-state index in [0.717, 1.165) is 24.0 Å². The first-order valence-electron chi connectivity index (χ1n) is 4.93. The molecule has 0 atom stereocenters. The number of nitrogens with one attached hydrogen (secondary N) is 1. The molecule has 0 aliphatic carbocycles. The monoisotopic (exact) mass is 255 g/mol. The highest BCUT2D eigenvalue weighted by atomic mass is 32.2. The number of aromatic nitrogens is 4. The summed E-state index contributed by atoms with van der Waals surface area (Å²) in [7, 11) is 1.85. The minimum atomic E-state index is 0.859. The lowest BCUT2D eigenvalue weighted by Gasteiger charge is -2.02. The van der Waals surface area contributed by atoms with Gasteiger partial charge in [0.1, 0.15) is 0 Å². The van der Waals surface area contributed by atoms with Gasteiger partial charge in [0, 0.05) is 25.9 Å². The first-order chi connectivity index (χ1) is 7.86. The van der Waals surface area contributed by atoms with Crippen LogP contribution in [0.5, 0.6) is 0 Å². The minimum absolute atomic E-state index is 0.859. The van der Waals surface area contributed by atoms with Crippen LogP contribution in [0, 0.1) is 0 Å². The Labute approximate surface area is 102 Å². The maximum Gasteiger partial charge on any atom is 0.209 e. The molecule has 0 aliphatic rings. The lowest BCUT2D eigenvalue weighted by molar-refractivity contribution is 0.663. The van der Waals surface area contributed by atoms with Crippen LogP contribution in [-0.4, -0.2) is 32.5 Å². The predicted octanol–water partition coefficient (Wildman–Crippen LogP) is 1.15. The Bertz CT molecular complexity index is 411. The molecular weight excluding hydrogens is 242 g/mol. The van der Waals surface area contributed by atoms with Crippen LogP contribution in [0.25, 0.3) is 0 Å². The van der Waals surface area contributed by atoms with Crippen LogP contribution in [0.1, 0.15) is 5.56 Å². The molecule has 0 radical (unpaired) electrons. The predicted molar refractivity (Wildman–Crippen MR) is 65.5 cm³/mol. The standard InChI is InChI=1S/C9H13N5S2/c1-14-9(11-12-13-14)16-5-3-10-6-8-2-4-15-7-8/h2,4,7,10H,3,5-6H2,1H3. The van der Waals surface area contributed by atoms with Gasteiger partial charge in [-0.2, -0.15) is 11.3 Å². The second kappa shape index (κ2) is 5.97. The summed E-state index contributed by atoms with van der Waals surface area (Å²) in [5.41, 5.74) is 1.34. The Balaban J connectivity index is 1.61. The number of aryl methyl sites for hydroxylation is 1. The molecule has 0 aliphatic heterocycles. The van der Waals surface area contributed by atoms with Crippen LogP contribution in [0.4, 0.5) is 0 Å². The number of thiophene rings is 1.